The van der Waals surface area contributed by atoms with Crippen LogP contribution < -0.4 is 10.6 Å². The molecule has 8 nitrogen and oxygen atoms in total. The fourth-order valence-corrected chi connectivity index (χ4v) is 3.62. The summed E-state index contributed by atoms with van der Waals surface area (Å²) in [6.45, 7) is 4.41. The number of benzene rings is 2. The smallest absolute Gasteiger partial charge is 0.325 e. The van der Waals surface area contributed by atoms with Gasteiger partial charge >= 0.3 is 12.0 Å². The molecule has 0 saturated carbocycles. The van der Waals surface area contributed by atoms with Crippen LogP contribution in [0.1, 0.15) is 44.4 Å². The van der Waals surface area contributed by atoms with Gasteiger partial charge in [-0.05, 0) is 44.0 Å². The van der Waals surface area contributed by atoms with Crippen molar-refractivity contribution in [3.8, 4) is 0 Å². The molecule has 1 aliphatic rings. The van der Waals surface area contributed by atoms with E-state index in [0.717, 1.165) is 4.90 Å². The summed E-state index contributed by atoms with van der Waals surface area (Å²) in [6.07, 6.45) is -0.416. The van der Waals surface area contributed by atoms with Crippen molar-refractivity contribution in [1.82, 2.24) is 15.5 Å². The minimum atomic E-state index is -1.43. The monoisotopic (exact) mass is 455 g/mol. The van der Waals surface area contributed by atoms with Crippen molar-refractivity contribution in [2.24, 2.45) is 0 Å². The summed E-state index contributed by atoms with van der Waals surface area (Å²) in [5.74, 6) is -2.21. The van der Waals surface area contributed by atoms with Crippen molar-refractivity contribution < 1.29 is 28.3 Å². The quantitative estimate of drug-likeness (QED) is 0.471. The van der Waals surface area contributed by atoms with Crippen LogP contribution in [0, 0.1) is 5.82 Å². The predicted octanol–water partition coefficient (Wildman–Crippen LogP) is 2.79. The van der Waals surface area contributed by atoms with Gasteiger partial charge < -0.3 is 15.4 Å². The molecule has 2 aromatic carbocycles. The summed E-state index contributed by atoms with van der Waals surface area (Å²) in [4.78, 5) is 51.3. The van der Waals surface area contributed by atoms with Crippen LogP contribution in [0.5, 0.6) is 0 Å². The summed E-state index contributed by atoms with van der Waals surface area (Å²) < 4.78 is 18.5. The van der Waals surface area contributed by atoms with Crippen LogP contribution in [-0.4, -0.2) is 41.4 Å². The molecule has 0 spiro atoms. The highest BCUT2D eigenvalue weighted by atomic mass is 19.1. The highest BCUT2D eigenvalue weighted by molar-refractivity contribution is 6.09. The molecular formula is C24H26FN3O5. The summed E-state index contributed by atoms with van der Waals surface area (Å²) >= 11 is 0. The van der Waals surface area contributed by atoms with Gasteiger partial charge in [0.1, 0.15) is 17.9 Å². The Labute approximate surface area is 191 Å². The van der Waals surface area contributed by atoms with E-state index in [1.807, 2.05) is 0 Å². The SMILES string of the molecule is CC(C)OC(=O)CC(NC(=O)CN1C(=O)NC(C)(c2ccc(F)cc2)C1=O)c1ccccc1. The van der Waals surface area contributed by atoms with E-state index in [2.05, 4.69) is 10.6 Å². The molecule has 2 atom stereocenters. The van der Waals surface area contributed by atoms with Gasteiger partial charge in [0.25, 0.3) is 5.91 Å². The number of rotatable bonds is 8. The average Bonchev–Trinajstić information content (AvgIpc) is 2.97. The van der Waals surface area contributed by atoms with E-state index in [-0.39, 0.29) is 12.5 Å². The van der Waals surface area contributed by atoms with Crippen LogP contribution >= 0.6 is 0 Å². The van der Waals surface area contributed by atoms with Crippen LogP contribution in [0.25, 0.3) is 0 Å². The van der Waals surface area contributed by atoms with Crippen LogP contribution in [0.3, 0.4) is 0 Å². The Hall–Kier alpha value is -3.75. The van der Waals surface area contributed by atoms with Gasteiger partial charge in [0.2, 0.25) is 5.91 Å². The molecular weight excluding hydrogens is 429 g/mol. The number of imide groups is 1. The molecule has 0 aromatic heterocycles. The van der Waals surface area contributed by atoms with Crippen molar-refractivity contribution in [2.45, 2.75) is 44.9 Å². The predicted molar refractivity (Wildman–Crippen MR) is 117 cm³/mol. The van der Waals surface area contributed by atoms with Gasteiger partial charge in [-0.15, -0.1) is 0 Å². The van der Waals surface area contributed by atoms with Crippen molar-refractivity contribution in [3.05, 3.63) is 71.5 Å². The molecule has 33 heavy (non-hydrogen) atoms. The number of carbonyl (C=O) groups is 4. The lowest BCUT2D eigenvalue weighted by molar-refractivity contribution is -0.148. The molecule has 2 unspecified atom stereocenters. The Morgan fingerprint density at radius 3 is 2.33 bits per heavy atom. The van der Waals surface area contributed by atoms with Crippen LogP contribution in [0.15, 0.2) is 54.6 Å². The largest absolute Gasteiger partial charge is 0.463 e. The Morgan fingerprint density at radius 1 is 1.09 bits per heavy atom. The molecule has 1 aliphatic heterocycles. The average molecular weight is 455 g/mol. The molecule has 1 fully saturated rings. The van der Waals surface area contributed by atoms with Crippen molar-refractivity contribution in [2.75, 3.05) is 6.54 Å². The number of nitrogens with one attached hydrogen (secondary N) is 2. The number of amides is 4. The zero-order valence-corrected chi connectivity index (χ0v) is 18.6. The maximum absolute atomic E-state index is 13.3. The van der Waals surface area contributed by atoms with E-state index >= 15 is 0 Å². The van der Waals surface area contributed by atoms with Crippen molar-refractivity contribution in [3.63, 3.8) is 0 Å². The van der Waals surface area contributed by atoms with E-state index < -0.39 is 47.8 Å². The molecule has 0 bridgehead atoms. The Bertz CT molecular complexity index is 1040. The Kier molecular flexibility index (Phi) is 7.10. The number of urea groups is 1. The number of esters is 1. The highest BCUT2D eigenvalue weighted by Crippen LogP contribution is 2.29. The molecule has 1 heterocycles. The number of hydrogen-bond donors (Lipinski definition) is 2. The molecule has 4 amide bonds. The summed E-state index contributed by atoms with van der Waals surface area (Å²) in [6, 6.07) is 12.6. The Balaban J connectivity index is 1.73. The summed E-state index contributed by atoms with van der Waals surface area (Å²) in [5, 5.41) is 5.29. The van der Waals surface area contributed by atoms with E-state index in [1.165, 1.54) is 31.2 Å². The molecule has 0 aliphatic carbocycles. The zero-order chi connectivity index (χ0) is 24.2. The van der Waals surface area contributed by atoms with Crippen molar-refractivity contribution >= 4 is 23.8 Å². The van der Waals surface area contributed by atoms with Gasteiger partial charge in [-0.1, -0.05) is 42.5 Å². The van der Waals surface area contributed by atoms with Crippen LogP contribution in [0.4, 0.5) is 9.18 Å². The first-order valence-electron chi connectivity index (χ1n) is 10.5. The van der Waals surface area contributed by atoms with Crippen molar-refractivity contribution in [1.29, 1.82) is 0 Å². The van der Waals surface area contributed by atoms with E-state index in [4.69, 9.17) is 4.74 Å². The number of carbonyl (C=O) groups excluding carboxylic acids is 4. The third-order valence-electron chi connectivity index (χ3n) is 5.27. The van der Waals surface area contributed by atoms with E-state index in [0.29, 0.717) is 11.1 Å². The minimum Gasteiger partial charge on any atom is -0.463 e. The fraction of sp³-hybridized carbons (Fsp3) is 0.333. The number of nitrogens with zero attached hydrogens (tertiary/aromatic N) is 1. The van der Waals surface area contributed by atoms with Gasteiger partial charge in [0.05, 0.1) is 18.6 Å². The Morgan fingerprint density at radius 2 is 1.73 bits per heavy atom. The number of ether oxygens (including phenoxy) is 1. The fourth-order valence-electron chi connectivity index (χ4n) is 3.62. The molecule has 3 rings (SSSR count). The molecule has 0 radical (unpaired) electrons. The lowest BCUT2D eigenvalue weighted by atomic mass is 9.92. The standard InChI is InChI=1S/C24H26FN3O5/c1-15(2)33-21(30)13-19(16-7-5-4-6-8-16)26-20(29)14-28-22(31)24(3,27-23(28)32)17-9-11-18(25)12-10-17/h4-12,15,19H,13-14H2,1-3H3,(H,26,29)(H,27,32). The van der Waals surface area contributed by atoms with Crippen LogP contribution in [-0.2, 0) is 24.7 Å². The van der Waals surface area contributed by atoms with E-state index in [1.54, 1.807) is 44.2 Å². The third-order valence-corrected chi connectivity index (χ3v) is 5.27. The maximum atomic E-state index is 13.3. The highest BCUT2D eigenvalue weighted by Gasteiger charge is 2.49. The molecule has 2 N–H and O–H groups in total. The van der Waals surface area contributed by atoms with Gasteiger partial charge in [-0.2, -0.15) is 0 Å². The van der Waals surface area contributed by atoms with Gasteiger partial charge in [-0.3, -0.25) is 19.3 Å². The third kappa shape index (κ3) is 5.54. The lowest BCUT2D eigenvalue weighted by Crippen LogP contribution is -2.44. The second-order valence-electron chi connectivity index (χ2n) is 8.23. The van der Waals surface area contributed by atoms with Gasteiger partial charge in [-0.25, -0.2) is 9.18 Å². The van der Waals surface area contributed by atoms with Crippen LogP contribution in [0.2, 0.25) is 0 Å². The topological polar surface area (TPSA) is 105 Å². The minimum absolute atomic E-state index is 0.110. The molecule has 1 saturated heterocycles. The molecule has 2 aromatic rings. The van der Waals surface area contributed by atoms with Gasteiger partial charge in [0.15, 0.2) is 0 Å². The molecule has 9 heteroatoms. The summed E-state index contributed by atoms with van der Waals surface area (Å²) in [7, 11) is 0. The number of halogens is 1. The normalized spacial score (nSPS) is 18.8. The first kappa shape index (κ1) is 23.9. The van der Waals surface area contributed by atoms with Gasteiger partial charge in [0, 0.05) is 0 Å². The maximum Gasteiger partial charge on any atom is 0.325 e. The second-order valence-corrected chi connectivity index (χ2v) is 8.23. The first-order chi connectivity index (χ1) is 15.6. The first-order valence-corrected chi connectivity index (χ1v) is 10.5. The summed E-state index contributed by atoms with van der Waals surface area (Å²) in [5.41, 5.74) is -0.353. The number of hydrogen-bond acceptors (Lipinski definition) is 5. The lowest BCUT2D eigenvalue weighted by Gasteiger charge is -2.23. The molecule has 174 valence electrons. The van der Waals surface area contributed by atoms with E-state index in [9.17, 15) is 23.6 Å². The second kappa shape index (κ2) is 9.81. The zero-order valence-electron chi connectivity index (χ0n) is 18.6.